The molecular weight excluding hydrogens is 314 g/mol. The van der Waals surface area contributed by atoms with Crippen LogP contribution in [0.3, 0.4) is 0 Å². The number of aliphatic hydroxyl groups is 1. The Morgan fingerprint density at radius 2 is 1.60 bits per heavy atom. The van der Waals surface area contributed by atoms with Crippen molar-refractivity contribution in [2.45, 2.75) is 43.7 Å². The fraction of sp³-hybridized carbons (Fsp3) is 0.381. The van der Waals surface area contributed by atoms with Gasteiger partial charge in [0, 0.05) is 5.92 Å². The van der Waals surface area contributed by atoms with E-state index in [9.17, 15) is 9.90 Å². The third kappa shape index (κ3) is 3.14. The van der Waals surface area contributed by atoms with Crippen molar-refractivity contribution in [3.63, 3.8) is 0 Å². The summed E-state index contributed by atoms with van der Waals surface area (Å²) in [7, 11) is 0. The van der Waals surface area contributed by atoms with Gasteiger partial charge in [0.1, 0.15) is 6.61 Å². The largest absolute Gasteiger partial charge is 0.449 e. The lowest BCUT2D eigenvalue weighted by atomic mass is 9.93. The van der Waals surface area contributed by atoms with Gasteiger partial charge in [-0.3, -0.25) is 0 Å². The number of hydrogen-bond acceptors (Lipinski definition) is 3. The second-order valence-corrected chi connectivity index (χ2v) is 6.93. The maximum Gasteiger partial charge on any atom is 0.407 e. The van der Waals surface area contributed by atoms with E-state index in [1.807, 2.05) is 24.3 Å². The number of carbonyl (C=O) groups excluding carboxylic acids is 1. The molecule has 0 heterocycles. The number of aliphatic hydroxyl groups excluding tert-OH is 1. The van der Waals surface area contributed by atoms with Gasteiger partial charge in [0.05, 0.1) is 12.1 Å². The first kappa shape index (κ1) is 16.2. The van der Waals surface area contributed by atoms with Gasteiger partial charge in [0.2, 0.25) is 0 Å². The molecule has 4 rings (SSSR count). The number of alkyl carbamates (subject to hydrolysis) is 1. The van der Waals surface area contributed by atoms with E-state index in [0.29, 0.717) is 6.61 Å². The predicted octanol–water partition coefficient (Wildman–Crippen LogP) is 3.83. The molecule has 4 nitrogen and oxygen atoms in total. The molecule has 1 fully saturated rings. The number of hydrogen-bond donors (Lipinski definition) is 2. The lowest BCUT2D eigenvalue weighted by Crippen LogP contribution is -2.45. The van der Waals surface area contributed by atoms with Gasteiger partial charge >= 0.3 is 6.09 Å². The first-order valence-electron chi connectivity index (χ1n) is 9.03. The van der Waals surface area contributed by atoms with Gasteiger partial charge in [-0.1, -0.05) is 61.4 Å². The molecule has 25 heavy (non-hydrogen) atoms. The fourth-order valence-electron chi connectivity index (χ4n) is 4.07. The molecule has 2 N–H and O–H groups in total. The Bertz CT molecular complexity index is 728. The number of nitrogens with one attached hydrogen (secondary N) is 1. The maximum absolute atomic E-state index is 12.2. The van der Waals surface area contributed by atoms with E-state index in [1.165, 1.54) is 22.3 Å². The zero-order chi connectivity index (χ0) is 17.2. The Kier molecular flexibility index (Phi) is 4.45. The third-order valence-corrected chi connectivity index (χ3v) is 5.38. The van der Waals surface area contributed by atoms with Crippen LogP contribution in [0.5, 0.6) is 0 Å². The number of fused-ring (bicyclic) bond motifs is 3. The number of ether oxygens (including phenoxy) is 1. The van der Waals surface area contributed by atoms with E-state index < -0.39 is 12.2 Å². The first-order chi connectivity index (χ1) is 12.2. The van der Waals surface area contributed by atoms with Gasteiger partial charge < -0.3 is 15.2 Å². The van der Waals surface area contributed by atoms with Crippen molar-refractivity contribution in [2.75, 3.05) is 6.61 Å². The van der Waals surface area contributed by atoms with Crippen LogP contribution in [0.1, 0.15) is 42.7 Å². The molecule has 0 saturated heterocycles. The van der Waals surface area contributed by atoms with E-state index in [-0.39, 0.29) is 12.0 Å². The van der Waals surface area contributed by atoms with Crippen molar-refractivity contribution in [1.82, 2.24) is 5.32 Å². The van der Waals surface area contributed by atoms with Gasteiger partial charge in [-0.2, -0.15) is 0 Å². The average Bonchev–Trinajstić information content (AvgIpc) is 2.96. The molecule has 2 aliphatic rings. The Labute approximate surface area is 147 Å². The third-order valence-electron chi connectivity index (χ3n) is 5.38. The molecule has 2 aromatic carbocycles. The van der Waals surface area contributed by atoms with Crippen molar-refractivity contribution < 1.29 is 14.6 Å². The van der Waals surface area contributed by atoms with Crippen LogP contribution in [0.25, 0.3) is 11.1 Å². The van der Waals surface area contributed by atoms with Crippen molar-refractivity contribution in [2.24, 2.45) is 0 Å². The van der Waals surface area contributed by atoms with Crippen molar-refractivity contribution >= 4 is 6.09 Å². The Balaban J connectivity index is 1.45. The minimum Gasteiger partial charge on any atom is -0.449 e. The Morgan fingerprint density at radius 3 is 2.24 bits per heavy atom. The quantitative estimate of drug-likeness (QED) is 0.895. The summed E-state index contributed by atoms with van der Waals surface area (Å²) in [4.78, 5) is 12.2. The van der Waals surface area contributed by atoms with Gasteiger partial charge in [-0.05, 0) is 35.1 Å². The van der Waals surface area contributed by atoms with Crippen molar-refractivity contribution in [3.05, 3.63) is 59.7 Å². The number of carbonyl (C=O) groups is 1. The van der Waals surface area contributed by atoms with E-state index >= 15 is 0 Å². The van der Waals surface area contributed by atoms with E-state index in [2.05, 4.69) is 29.6 Å². The molecule has 130 valence electrons. The zero-order valence-corrected chi connectivity index (χ0v) is 14.2. The first-order valence-corrected chi connectivity index (χ1v) is 9.03. The standard InChI is InChI=1S/C21H23NO3/c23-20-12-6-5-11-19(20)22-21(24)25-13-18-16-9-3-1-7-14(16)15-8-2-4-10-17(15)18/h1-4,7-10,18-20,23H,5-6,11-13H2,(H,22,24)/t19-,20+/m0/s1. The van der Waals surface area contributed by atoms with Crippen LogP contribution in [-0.2, 0) is 4.74 Å². The second-order valence-electron chi connectivity index (χ2n) is 6.93. The lowest BCUT2D eigenvalue weighted by Gasteiger charge is -2.28. The van der Waals surface area contributed by atoms with Crippen molar-refractivity contribution in [1.29, 1.82) is 0 Å². The number of benzene rings is 2. The molecule has 0 spiro atoms. The van der Waals surface area contributed by atoms with Crippen molar-refractivity contribution in [3.8, 4) is 11.1 Å². The van der Waals surface area contributed by atoms with E-state index in [0.717, 1.165) is 25.7 Å². The summed E-state index contributed by atoms with van der Waals surface area (Å²) >= 11 is 0. The molecule has 0 unspecified atom stereocenters. The molecule has 2 atom stereocenters. The van der Waals surface area contributed by atoms with Gasteiger partial charge in [-0.25, -0.2) is 4.79 Å². The summed E-state index contributed by atoms with van der Waals surface area (Å²) in [6, 6.07) is 16.4. The normalized spacial score (nSPS) is 22.1. The molecule has 2 aromatic rings. The van der Waals surface area contributed by atoms with Crippen LogP contribution < -0.4 is 5.32 Å². The highest BCUT2D eigenvalue weighted by atomic mass is 16.5. The smallest absolute Gasteiger partial charge is 0.407 e. The summed E-state index contributed by atoms with van der Waals surface area (Å²) in [5.74, 6) is 0.0643. The van der Waals surface area contributed by atoms with Gasteiger partial charge in [-0.15, -0.1) is 0 Å². The minimum absolute atomic E-state index is 0.0643. The van der Waals surface area contributed by atoms with Crippen LogP contribution in [0.2, 0.25) is 0 Å². The Morgan fingerprint density at radius 1 is 1.00 bits per heavy atom. The summed E-state index contributed by atoms with van der Waals surface area (Å²) in [6.07, 6.45) is 2.71. The van der Waals surface area contributed by atoms with Crippen LogP contribution >= 0.6 is 0 Å². The molecular formula is C21H23NO3. The predicted molar refractivity (Wildman–Crippen MR) is 96.5 cm³/mol. The molecule has 0 radical (unpaired) electrons. The maximum atomic E-state index is 12.2. The zero-order valence-electron chi connectivity index (χ0n) is 14.2. The average molecular weight is 337 g/mol. The summed E-state index contributed by atoms with van der Waals surface area (Å²) in [6.45, 7) is 0.308. The molecule has 4 heteroatoms. The van der Waals surface area contributed by atoms with Crippen LogP contribution in [0.15, 0.2) is 48.5 Å². The SMILES string of the molecule is O=C(N[C@H]1CCCC[C@H]1O)OCC1c2ccccc2-c2ccccc21. The summed E-state index contributed by atoms with van der Waals surface area (Å²) in [5, 5.41) is 12.8. The van der Waals surface area contributed by atoms with E-state index in [4.69, 9.17) is 4.74 Å². The summed E-state index contributed by atoms with van der Waals surface area (Å²) < 4.78 is 5.53. The van der Waals surface area contributed by atoms with Crippen LogP contribution in [-0.4, -0.2) is 30.0 Å². The van der Waals surface area contributed by atoms with Crippen LogP contribution in [0.4, 0.5) is 4.79 Å². The summed E-state index contributed by atoms with van der Waals surface area (Å²) in [5.41, 5.74) is 4.84. The van der Waals surface area contributed by atoms with Gasteiger partial charge in [0.25, 0.3) is 0 Å². The molecule has 0 aromatic heterocycles. The number of rotatable bonds is 3. The highest BCUT2D eigenvalue weighted by Crippen LogP contribution is 2.44. The second kappa shape index (κ2) is 6.89. The lowest BCUT2D eigenvalue weighted by molar-refractivity contribution is 0.0792. The monoisotopic (exact) mass is 337 g/mol. The van der Waals surface area contributed by atoms with Crippen LogP contribution in [0, 0.1) is 0 Å². The molecule has 2 aliphatic carbocycles. The number of amides is 1. The highest BCUT2D eigenvalue weighted by Gasteiger charge is 2.30. The Hall–Kier alpha value is -2.33. The molecule has 0 aliphatic heterocycles. The highest BCUT2D eigenvalue weighted by molar-refractivity contribution is 5.79. The molecule has 1 saturated carbocycles. The molecule has 0 bridgehead atoms. The molecule has 1 amide bonds. The van der Waals surface area contributed by atoms with E-state index in [1.54, 1.807) is 0 Å². The van der Waals surface area contributed by atoms with Gasteiger partial charge in [0.15, 0.2) is 0 Å². The fourth-order valence-corrected chi connectivity index (χ4v) is 4.07. The minimum atomic E-state index is -0.464. The topological polar surface area (TPSA) is 58.6 Å².